The van der Waals surface area contributed by atoms with Gasteiger partial charge in [-0.1, -0.05) is 158 Å². The van der Waals surface area contributed by atoms with Gasteiger partial charge in [0.2, 0.25) is 5.95 Å². The van der Waals surface area contributed by atoms with Crippen LogP contribution in [0.15, 0.2) is 194 Å². The molecule has 0 radical (unpaired) electrons. The molecule has 9 aromatic carbocycles. The highest BCUT2D eigenvalue weighted by atomic mass is 15.2. The van der Waals surface area contributed by atoms with Gasteiger partial charge in [0.05, 0.1) is 33.3 Å². The Morgan fingerprint density at radius 2 is 0.804 bits per heavy atom. The van der Waals surface area contributed by atoms with Crippen LogP contribution in [0.1, 0.15) is 0 Å². The van der Waals surface area contributed by atoms with Gasteiger partial charge in [-0.3, -0.25) is 4.57 Å². The lowest BCUT2D eigenvalue weighted by Gasteiger charge is -2.16. The van der Waals surface area contributed by atoms with E-state index in [9.17, 15) is 0 Å². The molecule has 0 amide bonds. The molecule has 3 aromatic heterocycles. The Labute approximate surface area is 322 Å². The van der Waals surface area contributed by atoms with Crippen LogP contribution in [0.25, 0.3) is 110 Å². The lowest BCUT2D eigenvalue weighted by atomic mass is 9.94. The van der Waals surface area contributed by atoms with Crippen LogP contribution >= 0.6 is 0 Å². The van der Waals surface area contributed by atoms with E-state index in [4.69, 9.17) is 9.97 Å². The molecular formula is C52H32N4. The van der Waals surface area contributed by atoms with E-state index in [1.807, 2.05) is 0 Å². The predicted octanol–water partition coefficient (Wildman–Crippen LogP) is 13.5. The van der Waals surface area contributed by atoms with E-state index in [1.165, 1.54) is 49.0 Å². The lowest BCUT2D eigenvalue weighted by molar-refractivity contribution is 1.02. The fourth-order valence-corrected chi connectivity index (χ4v) is 9.13. The summed E-state index contributed by atoms with van der Waals surface area (Å²) >= 11 is 0. The van der Waals surface area contributed by atoms with Crippen molar-refractivity contribution in [2.45, 2.75) is 0 Å². The molecule has 260 valence electrons. The van der Waals surface area contributed by atoms with E-state index in [1.54, 1.807) is 0 Å². The summed E-state index contributed by atoms with van der Waals surface area (Å²) in [5, 5.41) is 10.5. The number of hydrogen-bond donors (Lipinski definition) is 0. The summed E-state index contributed by atoms with van der Waals surface area (Å²) in [6, 6.07) is 69.4. The first-order chi connectivity index (χ1) is 27.8. The third-order valence-electron chi connectivity index (χ3n) is 11.5. The van der Waals surface area contributed by atoms with Gasteiger partial charge in [-0.25, -0.2) is 9.97 Å². The summed E-state index contributed by atoms with van der Waals surface area (Å²) in [6.45, 7) is 0. The number of hydrogen-bond acceptors (Lipinski definition) is 2. The second kappa shape index (κ2) is 12.0. The molecule has 4 nitrogen and oxygen atoms in total. The lowest BCUT2D eigenvalue weighted by Crippen LogP contribution is -2.04. The molecule has 3 heterocycles. The van der Waals surface area contributed by atoms with Gasteiger partial charge in [-0.2, -0.15) is 0 Å². The monoisotopic (exact) mass is 712 g/mol. The first-order valence-corrected chi connectivity index (χ1v) is 19.1. The molecule has 0 unspecified atom stereocenters. The van der Waals surface area contributed by atoms with Crippen LogP contribution in [0.5, 0.6) is 0 Å². The van der Waals surface area contributed by atoms with Crippen molar-refractivity contribution in [2.75, 3.05) is 0 Å². The van der Waals surface area contributed by atoms with Crippen molar-refractivity contribution in [1.29, 1.82) is 0 Å². The van der Waals surface area contributed by atoms with E-state index in [2.05, 4.69) is 203 Å². The van der Waals surface area contributed by atoms with Crippen LogP contribution in [0.3, 0.4) is 0 Å². The van der Waals surface area contributed by atoms with E-state index in [0.29, 0.717) is 5.95 Å². The Balaban J connectivity index is 1.20. The maximum atomic E-state index is 5.56. The second-order valence-corrected chi connectivity index (χ2v) is 14.5. The minimum Gasteiger partial charge on any atom is -0.309 e. The molecule has 0 aliphatic heterocycles. The molecule has 0 N–H and O–H groups in total. The van der Waals surface area contributed by atoms with Crippen LogP contribution in [0.4, 0.5) is 0 Å². The highest BCUT2D eigenvalue weighted by molar-refractivity contribution is 6.30. The number of nitrogens with zero attached hydrogens (tertiary/aromatic N) is 4. The molecule has 0 bridgehead atoms. The zero-order chi connectivity index (χ0) is 36.7. The van der Waals surface area contributed by atoms with Gasteiger partial charge < -0.3 is 4.57 Å². The Bertz CT molecular complexity index is 3520. The second-order valence-electron chi connectivity index (χ2n) is 14.5. The van der Waals surface area contributed by atoms with Crippen LogP contribution in [0, 0.1) is 0 Å². The van der Waals surface area contributed by atoms with Crippen molar-refractivity contribution in [2.24, 2.45) is 0 Å². The van der Waals surface area contributed by atoms with Gasteiger partial charge in [-0.05, 0) is 63.7 Å². The first kappa shape index (κ1) is 30.9. The van der Waals surface area contributed by atoms with Crippen LogP contribution in [-0.2, 0) is 0 Å². The van der Waals surface area contributed by atoms with E-state index in [-0.39, 0.29) is 0 Å². The molecular weight excluding hydrogens is 681 g/mol. The molecule has 0 aliphatic rings. The fourth-order valence-electron chi connectivity index (χ4n) is 9.13. The van der Waals surface area contributed by atoms with Crippen LogP contribution in [0.2, 0.25) is 0 Å². The van der Waals surface area contributed by atoms with Gasteiger partial charge >= 0.3 is 0 Å². The minimum atomic E-state index is 0.654. The zero-order valence-corrected chi connectivity index (χ0v) is 30.3. The number of fused-ring (bicyclic) bond motifs is 13. The summed E-state index contributed by atoms with van der Waals surface area (Å²) in [6.07, 6.45) is 0. The van der Waals surface area contributed by atoms with Crippen molar-refractivity contribution in [3.8, 4) is 34.0 Å². The van der Waals surface area contributed by atoms with Gasteiger partial charge in [0, 0.05) is 43.6 Å². The molecule has 12 aromatic rings. The third-order valence-corrected chi connectivity index (χ3v) is 11.5. The summed E-state index contributed by atoms with van der Waals surface area (Å²) in [5.41, 5.74) is 10.9. The molecule has 0 fully saturated rings. The topological polar surface area (TPSA) is 35.6 Å². The molecule has 4 heteroatoms. The van der Waals surface area contributed by atoms with E-state index in [0.717, 1.165) is 55.2 Å². The average Bonchev–Trinajstić information content (AvgIpc) is 3.80. The Hall–Kier alpha value is -7.56. The molecule has 0 saturated heterocycles. The molecule has 56 heavy (non-hydrogen) atoms. The van der Waals surface area contributed by atoms with Crippen LogP contribution < -0.4 is 0 Å². The first-order valence-electron chi connectivity index (χ1n) is 19.1. The smallest absolute Gasteiger partial charge is 0.235 e. The van der Waals surface area contributed by atoms with Gasteiger partial charge in [0.15, 0.2) is 0 Å². The highest BCUT2D eigenvalue weighted by Crippen LogP contribution is 2.44. The SMILES string of the molecule is c1ccc(-c2cccc(-n3c4ccccc4c4c5c6ccccc6n(-c6nc(-c7ccccc7)c7c8ccccc8c8ccccc8c7n6)c5ccc43)c2)cc1. The summed E-state index contributed by atoms with van der Waals surface area (Å²) in [5.74, 6) is 0.654. The standard InChI is InChI=1S/C52H32N4/c1-3-16-33(17-4-1)35-20-15-21-36(32-35)55-43-28-13-11-26-41(43)47-45(55)30-31-46-48(47)42-27-12-14-29-44(42)56(46)52-53-50(34-18-5-2-6-19-34)49-39-24-9-7-22-37(39)38-23-8-10-25-40(38)51(49)54-52/h1-32H. The Kier molecular flexibility index (Phi) is 6.60. The Morgan fingerprint density at radius 3 is 1.48 bits per heavy atom. The van der Waals surface area contributed by atoms with Crippen molar-refractivity contribution in [3.05, 3.63) is 194 Å². The van der Waals surface area contributed by atoms with Crippen LogP contribution in [-0.4, -0.2) is 19.1 Å². The normalized spacial score (nSPS) is 11.9. The Morgan fingerprint density at radius 1 is 0.304 bits per heavy atom. The summed E-state index contributed by atoms with van der Waals surface area (Å²) in [7, 11) is 0. The van der Waals surface area contributed by atoms with Gasteiger partial charge in [0.25, 0.3) is 0 Å². The van der Waals surface area contributed by atoms with Crippen molar-refractivity contribution < 1.29 is 0 Å². The summed E-state index contributed by atoms with van der Waals surface area (Å²) < 4.78 is 4.70. The number of rotatable bonds is 4. The third kappa shape index (κ3) is 4.41. The van der Waals surface area contributed by atoms with E-state index < -0.39 is 0 Å². The maximum absolute atomic E-state index is 5.56. The molecule has 0 saturated carbocycles. The minimum absolute atomic E-state index is 0.654. The quantitative estimate of drug-likeness (QED) is 0.170. The largest absolute Gasteiger partial charge is 0.309 e. The van der Waals surface area contributed by atoms with Gasteiger partial charge in [-0.15, -0.1) is 0 Å². The molecule has 12 rings (SSSR count). The maximum Gasteiger partial charge on any atom is 0.235 e. The van der Waals surface area contributed by atoms with Crippen molar-refractivity contribution in [1.82, 2.24) is 19.1 Å². The van der Waals surface area contributed by atoms with Crippen molar-refractivity contribution >= 4 is 76.1 Å². The molecule has 0 spiro atoms. The predicted molar refractivity (Wildman–Crippen MR) is 234 cm³/mol. The number of para-hydroxylation sites is 2. The highest BCUT2D eigenvalue weighted by Gasteiger charge is 2.23. The molecule has 0 aliphatic carbocycles. The number of benzene rings is 9. The summed E-state index contributed by atoms with van der Waals surface area (Å²) in [4.78, 5) is 11.1. The zero-order valence-electron chi connectivity index (χ0n) is 30.3. The number of aromatic nitrogens is 4. The van der Waals surface area contributed by atoms with Crippen molar-refractivity contribution in [3.63, 3.8) is 0 Å². The van der Waals surface area contributed by atoms with E-state index >= 15 is 0 Å². The fraction of sp³-hybridized carbons (Fsp3) is 0. The average molecular weight is 713 g/mol. The van der Waals surface area contributed by atoms with Gasteiger partial charge in [0.1, 0.15) is 0 Å². The molecule has 0 atom stereocenters.